The Morgan fingerprint density at radius 1 is 1.18 bits per heavy atom. The highest BCUT2D eigenvalue weighted by atomic mass is 16.5. The number of carbonyl (C=O) groups is 3. The molecule has 1 aliphatic heterocycles. The second-order valence-electron chi connectivity index (χ2n) is 5.37. The Labute approximate surface area is 129 Å². The van der Waals surface area contributed by atoms with Crippen LogP contribution in [0.25, 0.3) is 0 Å². The number of hydrogen-bond donors (Lipinski definition) is 0. The van der Waals surface area contributed by atoms with Gasteiger partial charge in [0, 0.05) is 13.6 Å². The summed E-state index contributed by atoms with van der Waals surface area (Å²) in [4.78, 5) is 39.4. The predicted molar refractivity (Wildman–Crippen MR) is 79.6 cm³/mol. The van der Waals surface area contributed by atoms with E-state index >= 15 is 0 Å². The molecule has 1 aromatic rings. The number of ether oxygens (including phenoxy) is 1. The van der Waals surface area contributed by atoms with E-state index in [0.29, 0.717) is 6.54 Å². The second kappa shape index (κ2) is 6.60. The number of hydrogen-bond acceptors (Lipinski definition) is 4. The maximum absolute atomic E-state index is 12.7. The largest absolute Gasteiger partial charge is 0.469 e. The first kappa shape index (κ1) is 16.0. The summed E-state index contributed by atoms with van der Waals surface area (Å²) in [6.45, 7) is 2.05. The zero-order chi connectivity index (χ0) is 16.3. The van der Waals surface area contributed by atoms with Gasteiger partial charge in [-0.05, 0) is 12.5 Å². The second-order valence-corrected chi connectivity index (χ2v) is 5.37. The van der Waals surface area contributed by atoms with Gasteiger partial charge in [-0.3, -0.25) is 14.4 Å². The lowest BCUT2D eigenvalue weighted by molar-refractivity contribution is -0.163. The number of methoxy groups -OCH3 is 1. The van der Waals surface area contributed by atoms with E-state index in [-0.39, 0.29) is 18.2 Å². The van der Waals surface area contributed by atoms with Gasteiger partial charge in [-0.2, -0.15) is 0 Å². The molecule has 2 amide bonds. The average Bonchev–Trinajstić information content (AvgIpc) is 2.54. The maximum atomic E-state index is 12.7. The van der Waals surface area contributed by atoms with Crippen molar-refractivity contribution in [2.45, 2.75) is 32.0 Å². The summed E-state index contributed by atoms with van der Waals surface area (Å²) < 4.78 is 4.62. The minimum atomic E-state index is -0.806. The fourth-order valence-corrected chi connectivity index (χ4v) is 2.59. The standard InChI is InChI=1S/C16H20N2O4/c1-11-15(20)17(2)13(9-14(19)22-3)16(21)18(11)10-12-7-5-4-6-8-12/h4-8,11,13H,9-10H2,1-3H3. The van der Waals surface area contributed by atoms with Gasteiger partial charge in [0.05, 0.1) is 13.5 Å². The number of rotatable bonds is 4. The highest BCUT2D eigenvalue weighted by Gasteiger charge is 2.43. The van der Waals surface area contributed by atoms with Crippen LogP contribution in [-0.2, 0) is 25.7 Å². The SMILES string of the molecule is COC(=O)CC1C(=O)N(Cc2ccccc2)C(C)C(=O)N1C. The van der Waals surface area contributed by atoms with E-state index in [0.717, 1.165) is 5.56 Å². The van der Waals surface area contributed by atoms with Crippen molar-refractivity contribution in [1.29, 1.82) is 0 Å². The normalized spacial score (nSPS) is 22.0. The third-order valence-electron chi connectivity index (χ3n) is 3.99. The zero-order valence-corrected chi connectivity index (χ0v) is 13.0. The van der Waals surface area contributed by atoms with Crippen LogP contribution in [0.4, 0.5) is 0 Å². The Hall–Kier alpha value is -2.37. The molecule has 0 spiro atoms. The van der Waals surface area contributed by atoms with E-state index in [9.17, 15) is 14.4 Å². The molecule has 0 saturated carbocycles. The van der Waals surface area contributed by atoms with Crippen LogP contribution in [-0.4, -0.2) is 53.8 Å². The highest BCUT2D eigenvalue weighted by Crippen LogP contribution is 2.21. The molecule has 2 unspecified atom stereocenters. The Kier molecular flexibility index (Phi) is 4.80. The van der Waals surface area contributed by atoms with Gasteiger partial charge in [-0.1, -0.05) is 30.3 Å². The number of piperazine rings is 1. The van der Waals surface area contributed by atoms with Crippen molar-refractivity contribution in [1.82, 2.24) is 9.80 Å². The molecular weight excluding hydrogens is 284 g/mol. The molecule has 2 rings (SSSR count). The van der Waals surface area contributed by atoms with Crippen LogP contribution in [0.5, 0.6) is 0 Å². The van der Waals surface area contributed by atoms with Gasteiger partial charge in [-0.15, -0.1) is 0 Å². The fourth-order valence-electron chi connectivity index (χ4n) is 2.59. The van der Waals surface area contributed by atoms with Crippen molar-refractivity contribution in [3.8, 4) is 0 Å². The summed E-state index contributed by atoms with van der Waals surface area (Å²) in [5, 5.41) is 0. The first-order chi connectivity index (χ1) is 10.5. The predicted octanol–water partition coefficient (Wildman–Crippen LogP) is 0.807. The first-order valence-corrected chi connectivity index (χ1v) is 7.13. The summed E-state index contributed by atoms with van der Waals surface area (Å²) in [5.74, 6) is -0.916. The number of carbonyl (C=O) groups excluding carboxylic acids is 3. The Morgan fingerprint density at radius 2 is 1.82 bits per heavy atom. The van der Waals surface area contributed by atoms with E-state index in [1.54, 1.807) is 14.0 Å². The van der Waals surface area contributed by atoms with Crippen molar-refractivity contribution in [2.24, 2.45) is 0 Å². The number of benzene rings is 1. The summed E-state index contributed by atoms with van der Waals surface area (Å²) in [6.07, 6.45) is -0.129. The van der Waals surface area contributed by atoms with Crippen LogP contribution < -0.4 is 0 Å². The van der Waals surface area contributed by atoms with E-state index < -0.39 is 18.1 Å². The van der Waals surface area contributed by atoms with Gasteiger partial charge in [0.25, 0.3) is 0 Å². The molecule has 0 bridgehead atoms. The number of nitrogens with zero attached hydrogens (tertiary/aromatic N) is 2. The number of amides is 2. The molecule has 6 heteroatoms. The van der Waals surface area contributed by atoms with Gasteiger partial charge in [-0.25, -0.2) is 0 Å². The van der Waals surface area contributed by atoms with Crippen molar-refractivity contribution < 1.29 is 19.1 Å². The minimum Gasteiger partial charge on any atom is -0.469 e. The van der Waals surface area contributed by atoms with Crippen LogP contribution >= 0.6 is 0 Å². The van der Waals surface area contributed by atoms with Gasteiger partial charge in [0.15, 0.2) is 0 Å². The lowest BCUT2D eigenvalue weighted by Crippen LogP contribution is -2.62. The Balaban J connectivity index is 2.22. The maximum Gasteiger partial charge on any atom is 0.308 e. The van der Waals surface area contributed by atoms with Gasteiger partial charge >= 0.3 is 5.97 Å². The summed E-state index contributed by atoms with van der Waals surface area (Å²) in [6, 6.07) is 8.11. The van der Waals surface area contributed by atoms with Crippen molar-refractivity contribution >= 4 is 17.8 Å². The lowest BCUT2D eigenvalue weighted by Gasteiger charge is -2.42. The summed E-state index contributed by atoms with van der Waals surface area (Å²) in [5.41, 5.74) is 0.942. The average molecular weight is 304 g/mol. The Bertz CT molecular complexity index is 573. The topological polar surface area (TPSA) is 66.9 Å². The zero-order valence-electron chi connectivity index (χ0n) is 13.0. The van der Waals surface area contributed by atoms with Crippen LogP contribution in [0.2, 0.25) is 0 Å². The molecule has 118 valence electrons. The molecule has 1 fully saturated rings. The molecule has 2 atom stereocenters. The van der Waals surface area contributed by atoms with Crippen LogP contribution in [0.3, 0.4) is 0 Å². The molecule has 1 heterocycles. The van der Waals surface area contributed by atoms with E-state index in [1.165, 1.54) is 16.9 Å². The molecule has 0 aromatic heterocycles. The molecule has 0 N–H and O–H groups in total. The summed E-state index contributed by atoms with van der Waals surface area (Å²) >= 11 is 0. The van der Waals surface area contributed by atoms with Crippen molar-refractivity contribution in [2.75, 3.05) is 14.2 Å². The van der Waals surface area contributed by atoms with Crippen molar-refractivity contribution in [3.63, 3.8) is 0 Å². The summed E-state index contributed by atoms with van der Waals surface area (Å²) in [7, 11) is 2.81. The smallest absolute Gasteiger partial charge is 0.308 e. The molecule has 0 radical (unpaired) electrons. The minimum absolute atomic E-state index is 0.129. The molecule has 1 aliphatic rings. The van der Waals surface area contributed by atoms with E-state index in [1.807, 2.05) is 30.3 Å². The third-order valence-corrected chi connectivity index (χ3v) is 3.99. The number of esters is 1. The third kappa shape index (κ3) is 3.10. The van der Waals surface area contributed by atoms with Crippen molar-refractivity contribution in [3.05, 3.63) is 35.9 Å². The van der Waals surface area contributed by atoms with Crippen LogP contribution in [0.1, 0.15) is 18.9 Å². The monoisotopic (exact) mass is 304 g/mol. The van der Waals surface area contributed by atoms with Gasteiger partial charge in [0.2, 0.25) is 11.8 Å². The highest BCUT2D eigenvalue weighted by molar-refractivity contribution is 5.98. The Morgan fingerprint density at radius 3 is 2.41 bits per heavy atom. The molecule has 6 nitrogen and oxygen atoms in total. The molecule has 22 heavy (non-hydrogen) atoms. The van der Waals surface area contributed by atoms with E-state index in [4.69, 9.17) is 0 Å². The lowest BCUT2D eigenvalue weighted by atomic mass is 10.0. The molecule has 0 aliphatic carbocycles. The van der Waals surface area contributed by atoms with Gasteiger partial charge < -0.3 is 14.5 Å². The molecule has 1 saturated heterocycles. The number of likely N-dealkylation sites (N-methyl/N-ethyl adjacent to an activating group) is 1. The molecule has 1 aromatic carbocycles. The quantitative estimate of drug-likeness (QED) is 0.772. The fraction of sp³-hybridized carbons (Fsp3) is 0.438. The van der Waals surface area contributed by atoms with E-state index in [2.05, 4.69) is 4.74 Å². The van der Waals surface area contributed by atoms with Crippen LogP contribution in [0, 0.1) is 0 Å². The van der Waals surface area contributed by atoms with Crippen LogP contribution in [0.15, 0.2) is 30.3 Å². The first-order valence-electron chi connectivity index (χ1n) is 7.13. The molecular formula is C16H20N2O4. The van der Waals surface area contributed by atoms with Gasteiger partial charge in [0.1, 0.15) is 12.1 Å².